The maximum absolute atomic E-state index is 12.9. The minimum Gasteiger partial charge on any atom is -0.360 e. The summed E-state index contributed by atoms with van der Waals surface area (Å²) in [6, 6.07) is 6.32. The highest BCUT2D eigenvalue weighted by atomic mass is 32.1. The summed E-state index contributed by atoms with van der Waals surface area (Å²) in [6.07, 6.45) is -4.54. The van der Waals surface area contributed by atoms with Gasteiger partial charge in [0.1, 0.15) is 0 Å². The number of nitrogens with zero attached hydrogens (tertiary/aromatic N) is 5. The molecule has 1 aliphatic heterocycles. The van der Waals surface area contributed by atoms with E-state index in [4.69, 9.17) is 12.2 Å². The van der Waals surface area contributed by atoms with Gasteiger partial charge in [0.2, 0.25) is 10.6 Å². The second-order valence-electron chi connectivity index (χ2n) is 6.33. The predicted molar refractivity (Wildman–Crippen MR) is 93.0 cm³/mol. The van der Waals surface area contributed by atoms with Gasteiger partial charge in [-0.15, -0.1) is 5.10 Å². The third-order valence-electron chi connectivity index (χ3n) is 4.56. The highest BCUT2D eigenvalue weighted by Crippen LogP contribution is 2.27. The van der Waals surface area contributed by atoms with E-state index in [0.29, 0.717) is 26.2 Å². The Balaban J connectivity index is 1.63. The Labute approximate surface area is 157 Å². The van der Waals surface area contributed by atoms with Crippen LogP contribution in [-0.2, 0) is 19.9 Å². The highest BCUT2D eigenvalue weighted by molar-refractivity contribution is 7.71. The Morgan fingerprint density at radius 1 is 1.26 bits per heavy atom. The van der Waals surface area contributed by atoms with Crippen molar-refractivity contribution in [2.24, 2.45) is 7.05 Å². The van der Waals surface area contributed by atoms with Crippen LogP contribution in [0.5, 0.6) is 0 Å². The fourth-order valence-electron chi connectivity index (χ4n) is 3.07. The number of non-ortho nitro benzene ring substituents is 1. The zero-order valence-corrected chi connectivity index (χ0v) is 15.3. The zero-order chi connectivity index (χ0) is 19.8. The fourth-order valence-corrected chi connectivity index (χ4v) is 3.27. The Morgan fingerprint density at radius 3 is 2.33 bits per heavy atom. The lowest BCUT2D eigenvalue weighted by Gasteiger charge is -2.33. The first-order chi connectivity index (χ1) is 12.7. The van der Waals surface area contributed by atoms with Crippen molar-refractivity contribution >= 4 is 23.6 Å². The Hall–Kier alpha value is -2.47. The molecule has 1 N–H and O–H groups in total. The van der Waals surface area contributed by atoms with Crippen molar-refractivity contribution in [3.05, 3.63) is 45.0 Å². The number of hydrogen-bond donors (Lipinski definition) is 1. The predicted octanol–water partition coefficient (Wildman–Crippen LogP) is 1.24. The average molecular weight is 403 g/mol. The van der Waals surface area contributed by atoms with E-state index in [0.717, 1.165) is 15.2 Å². The maximum atomic E-state index is 12.9. The van der Waals surface area contributed by atoms with E-state index in [1.54, 1.807) is 12.1 Å². The molecule has 0 atom stereocenters. The topological polar surface area (TPSA) is 73.6 Å². The molecule has 0 amide bonds. The molecule has 1 aromatic carbocycles. The number of piperazine rings is 1. The number of anilines is 1. The van der Waals surface area contributed by atoms with Gasteiger partial charge in [-0.1, -0.05) is 0 Å². The van der Waals surface area contributed by atoms with Crippen LogP contribution in [0.3, 0.4) is 0 Å². The van der Waals surface area contributed by atoms with Crippen molar-refractivity contribution in [2.45, 2.75) is 12.8 Å². The van der Waals surface area contributed by atoms with Gasteiger partial charge in [0.25, 0.3) is 5.69 Å². The lowest BCUT2D eigenvalue weighted by atomic mass is 10.2. The molecule has 27 heavy (non-hydrogen) atoms. The van der Waals surface area contributed by atoms with Gasteiger partial charge in [-0.25, -0.2) is 0 Å². The van der Waals surface area contributed by atoms with Crippen LogP contribution in [-0.4, -0.2) is 45.4 Å². The SMILES string of the molecule is Cn1c(C(F)(F)F)nn(C[NH+]2CCN(c3ccc([N+](=O)[O-])cc3)CC2)c1=S. The van der Waals surface area contributed by atoms with E-state index in [2.05, 4.69) is 10.00 Å². The van der Waals surface area contributed by atoms with Gasteiger partial charge < -0.3 is 9.80 Å². The lowest BCUT2D eigenvalue weighted by molar-refractivity contribution is -0.924. The van der Waals surface area contributed by atoms with Crippen LogP contribution in [0.1, 0.15) is 5.82 Å². The quantitative estimate of drug-likeness (QED) is 0.473. The molecule has 1 fully saturated rings. The number of alkyl halides is 3. The largest absolute Gasteiger partial charge is 0.451 e. The minimum absolute atomic E-state index is 0.0348. The molecular formula is C15H18F3N6O2S+. The van der Waals surface area contributed by atoms with E-state index in [-0.39, 0.29) is 17.1 Å². The van der Waals surface area contributed by atoms with E-state index in [1.165, 1.54) is 23.9 Å². The monoisotopic (exact) mass is 403 g/mol. The molecule has 0 radical (unpaired) electrons. The molecule has 0 saturated carbocycles. The molecule has 1 aliphatic rings. The van der Waals surface area contributed by atoms with Crippen LogP contribution in [0, 0.1) is 14.9 Å². The summed E-state index contributed by atoms with van der Waals surface area (Å²) in [5, 5.41) is 14.4. The number of nitro groups is 1. The molecule has 0 spiro atoms. The van der Waals surface area contributed by atoms with Crippen LogP contribution in [0.25, 0.3) is 0 Å². The summed E-state index contributed by atoms with van der Waals surface area (Å²) in [5.41, 5.74) is 0.918. The number of quaternary nitrogens is 1. The molecule has 0 bridgehead atoms. The summed E-state index contributed by atoms with van der Waals surface area (Å²) in [6.45, 7) is 3.00. The Bertz CT molecular complexity index is 884. The first kappa shape index (κ1) is 19.3. The first-order valence-electron chi connectivity index (χ1n) is 8.21. The molecule has 0 unspecified atom stereocenters. The van der Waals surface area contributed by atoms with Crippen molar-refractivity contribution in [3.8, 4) is 0 Å². The van der Waals surface area contributed by atoms with Crippen LogP contribution in [0.15, 0.2) is 24.3 Å². The highest BCUT2D eigenvalue weighted by Gasteiger charge is 2.37. The minimum atomic E-state index is -4.54. The average Bonchev–Trinajstić information content (AvgIpc) is 2.91. The number of halogens is 3. The molecule has 2 aromatic rings. The van der Waals surface area contributed by atoms with E-state index in [1.807, 2.05) is 0 Å². The number of nitrogens with one attached hydrogen (secondary N) is 1. The third-order valence-corrected chi connectivity index (χ3v) is 5.05. The van der Waals surface area contributed by atoms with Crippen molar-refractivity contribution in [1.29, 1.82) is 0 Å². The standard InChI is InChI=1S/C15H17F3N6O2S/c1-20-13(15(16,17)18)19-23(14(20)27)10-21-6-8-22(9-7-21)11-2-4-12(5-3-11)24(25)26/h2-5H,6-10H2,1H3/p+1. The van der Waals surface area contributed by atoms with Gasteiger partial charge in [0.05, 0.1) is 31.1 Å². The van der Waals surface area contributed by atoms with Crippen LogP contribution in [0.4, 0.5) is 24.5 Å². The van der Waals surface area contributed by atoms with Gasteiger partial charge in [-0.05, 0) is 24.4 Å². The number of rotatable bonds is 4. The van der Waals surface area contributed by atoms with Crippen LogP contribution in [0.2, 0.25) is 0 Å². The van der Waals surface area contributed by atoms with Gasteiger partial charge in [-0.3, -0.25) is 14.7 Å². The van der Waals surface area contributed by atoms with Gasteiger partial charge >= 0.3 is 6.18 Å². The summed E-state index contributed by atoms with van der Waals surface area (Å²) < 4.78 is 40.9. The molecule has 8 nitrogen and oxygen atoms in total. The molecule has 1 aromatic heterocycles. The normalized spacial score (nSPS) is 15.9. The number of nitro benzene ring substituents is 1. The smallest absolute Gasteiger partial charge is 0.360 e. The van der Waals surface area contributed by atoms with Gasteiger partial charge in [0.15, 0.2) is 6.67 Å². The number of benzene rings is 1. The van der Waals surface area contributed by atoms with Crippen molar-refractivity contribution in [2.75, 3.05) is 31.1 Å². The molecule has 2 heterocycles. The third kappa shape index (κ3) is 4.11. The zero-order valence-electron chi connectivity index (χ0n) is 14.4. The maximum Gasteiger partial charge on any atom is 0.451 e. The summed E-state index contributed by atoms with van der Waals surface area (Å²) >= 11 is 5.07. The number of hydrogen-bond acceptors (Lipinski definition) is 5. The van der Waals surface area contributed by atoms with Crippen LogP contribution < -0.4 is 9.80 Å². The second kappa shape index (κ2) is 7.27. The molecule has 146 valence electrons. The fraction of sp³-hybridized carbons (Fsp3) is 0.467. The van der Waals surface area contributed by atoms with E-state index < -0.39 is 16.9 Å². The summed E-state index contributed by atoms with van der Waals surface area (Å²) in [5.74, 6) is -1.00. The van der Waals surface area contributed by atoms with E-state index >= 15 is 0 Å². The lowest BCUT2D eigenvalue weighted by Crippen LogP contribution is -3.14. The van der Waals surface area contributed by atoms with Gasteiger partial charge in [-0.2, -0.15) is 17.9 Å². The molecule has 1 saturated heterocycles. The van der Waals surface area contributed by atoms with E-state index in [9.17, 15) is 23.3 Å². The van der Waals surface area contributed by atoms with Crippen molar-refractivity contribution < 1.29 is 23.0 Å². The molecule has 3 rings (SSSR count). The summed E-state index contributed by atoms with van der Waals surface area (Å²) in [4.78, 5) is 13.4. The number of aromatic nitrogens is 3. The Morgan fingerprint density at radius 2 is 1.85 bits per heavy atom. The second-order valence-corrected chi connectivity index (χ2v) is 6.70. The molecule has 0 aliphatic carbocycles. The Kier molecular flexibility index (Phi) is 5.20. The summed E-state index contributed by atoms with van der Waals surface area (Å²) in [7, 11) is 1.26. The van der Waals surface area contributed by atoms with Crippen molar-refractivity contribution in [1.82, 2.24) is 14.3 Å². The van der Waals surface area contributed by atoms with Crippen LogP contribution >= 0.6 is 12.2 Å². The van der Waals surface area contributed by atoms with Gasteiger partial charge in [0, 0.05) is 24.9 Å². The molecule has 12 heteroatoms. The molecular weight excluding hydrogens is 385 g/mol. The van der Waals surface area contributed by atoms with Crippen molar-refractivity contribution in [3.63, 3.8) is 0 Å². The first-order valence-corrected chi connectivity index (χ1v) is 8.61.